The molecule has 3 heterocycles. The maximum atomic E-state index is 13.4. The molecule has 4 aromatic rings. The highest BCUT2D eigenvalue weighted by molar-refractivity contribution is 6.99. The van der Waals surface area contributed by atoms with Crippen LogP contribution in [-0.4, -0.2) is 38.2 Å². The second kappa shape index (κ2) is 7.25. The molecular formula is C23H22N4O2S. The minimum absolute atomic E-state index is 0.0917. The van der Waals surface area contributed by atoms with Crippen molar-refractivity contribution in [3.05, 3.63) is 76.2 Å². The quantitative estimate of drug-likeness (QED) is 0.534. The summed E-state index contributed by atoms with van der Waals surface area (Å²) >= 11 is 1.06. The Balaban J connectivity index is 1.72. The minimum atomic E-state index is -0.222. The third-order valence-corrected chi connectivity index (χ3v) is 6.65. The van der Waals surface area contributed by atoms with Crippen LogP contribution in [0.1, 0.15) is 44.5 Å². The lowest BCUT2D eigenvalue weighted by Crippen LogP contribution is -2.41. The van der Waals surface area contributed by atoms with E-state index in [0.29, 0.717) is 12.2 Å². The first kappa shape index (κ1) is 18.8. The van der Waals surface area contributed by atoms with Crippen LogP contribution in [0.3, 0.4) is 0 Å². The first-order valence-electron chi connectivity index (χ1n) is 9.92. The molecule has 1 aliphatic heterocycles. The van der Waals surface area contributed by atoms with E-state index in [1.54, 1.807) is 13.3 Å². The van der Waals surface area contributed by atoms with E-state index >= 15 is 0 Å². The smallest absolute Gasteiger partial charge is 0.276 e. The van der Waals surface area contributed by atoms with Gasteiger partial charge in [0.15, 0.2) is 5.69 Å². The average molecular weight is 419 g/mol. The molecule has 0 bridgehead atoms. The molecule has 1 amide bonds. The van der Waals surface area contributed by atoms with Gasteiger partial charge in [0.2, 0.25) is 0 Å². The molecule has 2 aromatic heterocycles. The summed E-state index contributed by atoms with van der Waals surface area (Å²) in [7, 11) is 1.68. The van der Waals surface area contributed by atoms with Gasteiger partial charge in [-0.05, 0) is 54.7 Å². The summed E-state index contributed by atoms with van der Waals surface area (Å²) in [6, 6.07) is 12.2. The number of hydrogen-bond donors (Lipinski definition) is 1. The molecule has 7 heteroatoms. The molecule has 0 radical (unpaired) electrons. The van der Waals surface area contributed by atoms with Gasteiger partial charge in [-0.1, -0.05) is 24.3 Å². The summed E-state index contributed by atoms with van der Waals surface area (Å²) < 4.78 is 13.7. The number of aromatic amines is 1. The van der Waals surface area contributed by atoms with Crippen LogP contribution >= 0.6 is 11.7 Å². The molecule has 2 aromatic carbocycles. The fourth-order valence-corrected chi connectivity index (χ4v) is 4.93. The predicted molar refractivity (Wildman–Crippen MR) is 117 cm³/mol. The Labute approximate surface area is 178 Å². The number of fused-ring (bicyclic) bond motifs is 3. The number of carbonyl (C=O) groups is 1. The Bertz CT molecular complexity index is 1250. The van der Waals surface area contributed by atoms with E-state index in [2.05, 4.69) is 51.8 Å². The van der Waals surface area contributed by atoms with Gasteiger partial charge < -0.3 is 14.6 Å². The van der Waals surface area contributed by atoms with E-state index in [0.717, 1.165) is 51.8 Å². The number of nitrogens with zero attached hydrogens (tertiary/aromatic N) is 3. The van der Waals surface area contributed by atoms with Crippen molar-refractivity contribution >= 4 is 28.5 Å². The monoisotopic (exact) mass is 418 g/mol. The summed E-state index contributed by atoms with van der Waals surface area (Å²) in [5.74, 6) is 0.761. The maximum absolute atomic E-state index is 13.4. The minimum Gasteiger partial charge on any atom is -0.496 e. The van der Waals surface area contributed by atoms with Crippen molar-refractivity contribution in [2.24, 2.45) is 0 Å². The molecule has 5 rings (SSSR count). The Kier molecular flexibility index (Phi) is 4.55. The zero-order chi connectivity index (χ0) is 20.8. The average Bonchev–Trinajstić information content (AvgIpc) is 3.43. The molecule has 0 spiro atoms. The van der Waals surface area contributed by atoms with Gasteiger partial charge in [0.25, 0.3) is 5.91 Å². The number of methoxy groups -OCH3 is 1. The lowest BCUT2D eigenvalue weighted by atomic mass is 9.88. The van der Waals surface area contributed by atoms with Gasteiger partial charge >= 0.3 is 0 Å². The van der Waals surface area contributed by atoms with Crippen LogP contribution in [0.2, 0.25) is 0 Å². The third kappa shape index (κ3) is 2.81. The predicted octanol–water partition coefficient (Wildman–Crippen LogP) is 4.43. The number of carbonyl (C=O) groups excluding carboxylic acids is 1. The number of benzene rings is 2. The molecule has 0 unspecified atom stereocenters. The first-order chi connectivity index (χ1) is 14.6. The molecule has 1 aliphatic rings. The lowest BCUT2D eigenvalue weighted by molar-refractivity contribution is 0.0686. The zero-order valence-electron chi connectivity index (χ0n) is 17.1. The van der Waals surface area contributed by atoms with Crippen LogP contribution in [-0.2, 0) is 6.42 Å². The van der Waals surface area contributed by atoms with Gasteiger partial charge in [-0.3, -0.25) is 4.79 Å². The van der Waals surface area contributed by atoms with Crippen molar-refractivity contribution < 1.29 is 9.53 Å². The second-order valence-corrected chi connectivity index (χ2v) is 8.17. The number of nitrogens with one attached hydrogen (secondary N) is 1. The number of H-pyrrole nitrogens is 1. The zero-order valence-corrected chi connectivity index (χ0v) is 17.9. The largest absolute Gasteiger partial charge is 0.496 e. The van der Waals surface area contributed by atoms with Gasteiger partial charge in [0, 0.05) is 23.1 Å². The number of ether oxygens (including phenoxy) is 1. The van der Waals surface area contributed by atoms with Gasteiger partial charge in [-0.2, -0.15) is 8.75 Å². The van der Waals surface area contributed by atoms with Gasteiger partial charge in [0.05, 0.1) is 31.1 Å². The Morgan fingerprint density at radius 1 is 1.20 bits per heavy atom. The van der Waals surface area contributed by atoms with Gasteiger partial charge in [-0.25, -0.2) is 0 Å². The Morgan fingerprint density at radius 2 is 2.03 bits per heavy atom. The Hall–Kier alpha value is -3.19. The fourth-order valence-electron chi connectivity index (χ4n) is 4.52. The lowest BCUT2D eigenvalue weighted by Gasteiger charge is -2.37. The van der Waals surface area contributed by atoms with Crippen LogP contribution < -0.4 is 4.74 Å². The highest BCUT2D eigenvalue weighted by Gasteiger charge is 2.36. The molecule has 0 saturated carbocycles. The molecule has 1 atom stereocenters. The van der Waals surface area contributed by atoms with Crippen molar-refractivity contribution in [3.8, 4) is 5.75 Å². The highest BCUT2D eigenvalue weighted by Crippen LogP contribution is 2.41. The van der Waals surface area contributed by atoms with E-state index in [-0.39, 0.29) is 11.9 Å². The van der Waals surface area contributed by atoms with Crippen molar-refractivity contribution in [1.29, 1.82) is 0 Å². The maximum Gasteiger partial charge on any atom is 0.276 e. The molecule has 152 valence electrons. The van der Waals surface area contributed by atoms with Crippen LogP contribution in [0, 0.1) is 13.8 Å². The SMILES string of the molecule is COc1ccc([C@@H]2c3[nH]c4ccccc4c3CCN2C(=O)c2cnsn2)c(C)c1C. The van der Waals surface area contributed by atoms with Crippen molar-refractivity contribution in [2.75, 3.05) is 13.7 Å². The molecule has 0 saturated heterocycles. The summed E-state index contributed by atoms with van der Waals surface area (Å²) in [5, 5.41) is 1.22. The molecule has 30 heavy (non-hydrogen) atoms. The molecule has 1 N–H and O–H groups in total. The second-order valence-electron chi connectivity index (χ2n) is 7.61. The summed E-state index contributed by atoms with van der Waals surface area (Å²) in [6.45, 7) is 4.78. The van der Waals surface area contributed by atoms with Crippen LogP contribution in [0.4, 0.5) is 0 Å². The van der Waals surface area contributed by atoms with Crippen LogP contribution in [0.5, 0.6) is 5.75 Å². The molecule has 0 fully saturated rings. The number of amides is 1. The highest BCUT2D eigenvalue weighted by atomic mass is 32.1. The van der Waals surface area contributed by atoms with Crippen LogP contribution in [0.15, 0.2) is 42.6 Å². The van der Waals surface area contributed by atoms with Crippen LogP contribution in [0.25, 0.3) is 10.9 Å². The van der Waals surface area contributed by atoms with E-state index in [1.165, 1.54) is 10.9 Å². The first-order valence-corrected chi connectivity index (χ1v) is 10.6. The molecule has 0 aliphatic carbocycles. The summed E-state index contributed by atoms with van der Waals surface area (Å²) in [4.78, 5) is 18.9. The number of hydrogen-bond acceptors (Lipinski definition) is 5. The standard InChI is InChI=1S/C23H22N4O2S/c1-13-14(2)20(29-3)9-8-15(13)22-21-17(16-6-4-5-7-18(16)25-21)10-11-27(22)23(28)19-12-24-30-26-19/h4-9,12,22,25H,10-11H2,1-3H3/t22-/m1/s1. The Morgan fingerprint density at radius 3 is 2.80 bits per heavy atom. The number of para-hydroxylation sites is 1. The molecular weight excluding hydrogens is 396 g/mol. The van der Waals surface area contributed by atoms with Gasteiger partial charge in [0.1, 0.15) is 5.75 Å². The number of aromatic nitrogens is 3. The van der Waals surface area contributed by atoms with Crippen molar-refractivity contribution in [2.45, 2.75) is 26.3 Å². The summed E-state index contributed by atoms with van der Waals surface area (Å²) in [5.41, 5.74) is 7.15. The number of rotatable bonds is 3. The van der Waals surface area contributed by atoms with Crippen molar-refractivity contribution in [3.63, 3.8) is 0 Å². The normalized spacial score (nSPS) is 16.0. The van der Waals surface area contributed by atoms with E-state index < -0.39 is 0 Å². The summed E-state index contributed by atoms with van der Waals surface area (Å²) in [6.07, 6.45) is 2.35. The fraction of sp³-hybridized carbons (Fsp3) is 0.261. The van der Waals surface area contributed by atoms with Crippen molar-refractivity contribution in [1.82, 2.24) is 18.6 Å². The topological polar surface area (TPSA) is 71.1 Å². The van der Waals surface area contributed by atoms with Gasteiger partial charge in [-0.15, -0.1) is 0 Å². The van der Waals surface area contributed by atoms with E-state index in [4.69, 9.17) is 4.74 Å². The van der Waals surface area contributed by atoms with E-state index in [9.17, 15) is 4.79 Å². The molecule has 6 nitrogen and oxygen atoms in total. The van der Waals surface area contributed by atoms with E-state index in [1.807, 2.05) is 17.0 Å². The third-order valence-electron chi connectivity index (χ3n) is 6.17.